The van der Waals surface area contributed by atoms with Gasteiger partial charge in [-0.2, -0.15) is 0 Å². The Morgan fingerprint density at radius 2 is 2.11 bits per heavy atom. The molecule has 18 heavy (non-hydrogen) atoms. The van der Waals surface area contributed by atoms with E-state index in [-0.39, 0.29) is 6.10 Å². The van der Waals surface area contributed by atoms with Crippen molar-refractivity contribution < 1.29 is 5.11 Å². The standard InChI is InChI=1S/C15H18ClNO/c1-2-8-17-9-7-13(15(18)11-17)10-12-3-5-14(16)6-4-12/h1,3-6,13,15,18H,7-11H2. The number of nitrogens with zero attached hydrogens (tertiary/aromatic N) is 1. The van der Waals surface area contributed by atoms with Crippen LogP contribution in [0.2, 0.25) is 5.02 Å². The van der Waals surface area contributed by atoms with Gasteiger partial charge < -0.3 is 5.11 Å². The van der Waals surface area contributed by atoms with Gasteiger partial charge in [-0.1, -0.05) is 29.7 Å². The molecule has 1 aliphatic rings. The van der Waals surface area contributed by atoms with Gasteiger partial charge in [-0.05, 0) is 43.0 Å². The third-order valence-corrected chi connectivity index (χ3v) is 3.78. The largest absolute Gasteiger partial charge is 0.391 e. The van der Waals surface area contributed by atoms with Crippen LogP contribution in [0.4, 0.5) is 0 Å². The molecule has 2 unspecified atom stereocenters. The quantitative estimate of drug-likeness (QED) is 0.846. The summed E-state index contributed by atoms with van der Waals surface area (Å²) in [5.74, 6) is 2.95. The van der Waals surface area contributed by atoms with Crippen molar-refractivity contribution in [1.29, 1.82) is 0 Å². The molecule has 96 valence electrons. The molecule has 0 aliphatic carbocycles. The van der Waals surface area contributed by atoms with Gasteiger partial charge >= 0.3 is 0 Å². The number of piperidine rings is 1. The Labute approximate surface area is 114 Å². The van der Waals surface area contributed by atoms with Crippen molar-refractivity contribution in [3.63, 3.8) is 0 Å². The Bertz CT molecular complexity index is 423. The molecule has 0 amide bonds. The summed E-state index contributed by atoms with van der Waals surface area (Å²) >= 11 is 5.86. The smallest absolute Gasteiger partial charge is 0.0699 e. The number of likely N-dealkylation sites (tertiary alicyclic amines) is 1. The average molecular weight is 264 g/mol. The topological polar surface area (TPSA) is 23.5 Å². The van der Waals surface area contributed by atoms with Crippen molar-refractivity contribution in [3.05, 3.63) is 34.9 Å². The van der Waals surface area contributed by atoms with Crippen LogP contribution in [0, 0.1) is 18.3 Å². The van der Waals surface area contributed by atoms with Gasteiger partial charge in [-0.3, -0.25) is 4.90 Å². The number of aliphatic hydroxyl groups excluding tert-OH is 1. The van der Waals surface area contributed by atoms with E-state index in [2.05, 4.69) is 10.8 Å². The first-order chi connectivity index (χ1) is 8.69. The number of hydrogen-bond donors (Lipinski definition) is 1. The summed E-state index contributed by atoms with van der Waals surface area (Å²) in [5, 5.41) is 10.9. The van der Waals surface area contributed by atoms with Crippen LogP contribution in [0.25, 0.3) is 0 Å². The molecule has 2 nitrogen and oxygen atoms in total. The number of β-amino-alcohol motifs (C(OH)–C–C–N with tert-alkyl or cyclic N) is 1. The number of hydrogen-bond acceptors (Lipinski definition) is 2. The van der Waals surface area contributed by atoms with Crippen LogP contribution in [0.15, 0.2) is 24.3 Å². The Morgan fingerprint density at radius 3 is 2.72 bits per heavy atom. The molecule has 1 N–H and O–H groups in total. The average Bonchev–Trinajstić information content (AvgIpc) is 2.36. The van der Waals surface area contributed by atoms with E-state index in [1.54, 1.807) is 0 Å². The Morgan fingerprint density at radius 1 is 1.39 bits per heavy atom. The first kappa shape index (κ1) is 13.4. The lowest BCUT2D eigenvalue weighted by Crippen LogP contribution is -2.44. The fourth-order valence-electron chi connectivity index (χ4n) is 2.48. The molecule has 0 radical (unpaired) electrons. The maximum Gasteiger partial charge on any atom is 0.0699 e. The zero-order chi connectivity index (χ0) is 13.0. The van der Waals surface area contributed by atoms with Gasteiger partial charge in [-0.15, -0.1) is 6.42 Å². The lowest BCUT2D eigenvalue weighted by atomic mass is 9.88. The van der Waals surface area contributed by atoms with Gasteiger partial charge in [-0.25, -0.2) is 0 Å². The highest BCUT2D eigenvalue weighted by Crippen LogP contribution is 2.22. The second-order valence-corrected chi connectivity index (χ2v) is 5.32. The van der Waals surface area contributed by atoms with Crippen LogP contribution < -0.4 is 0 Å². The zero-order valence-electron chi connectivity index (χ0n) is 10.3. The van der Waals surface area contributed by atoms with Crippen LogP contribution in [0.5, 0.6) is 0 Å². The lowest BCUT2D eigenvalue weighted by molar-refractivity contribution is 0.0275. The highest BCUT2D eigenvalue weighted by molar-refractivity contribution is 6.30. The van der Waals surface area contributed by atoms with E-state index in [1.807, 2.05) is 24.3 Å². The summed E-state index contributed by atoms with van der Waals surface area (Å²) in [6.07, 6.45) is 6.90. The lowest BCUT2D eigenvalue weighted by Gasteiger charge is -2.35. The van der Waals surface area contributed by atoms with Crippen molar-refractivity contribution in [2.45, 2.75) is 18.9 Å². The van der Waals surface area contributed by atoms with E-state index < -0.39 is 0 Å². The molecule has 0 aromatic heterocycles. The first-order valence-electron chi connectivity index (χ1n) is 6.27. The molecule has 0 bridgehead atoms. The molecule has 1 saturated heterocycles. The van der Waals surface area contributed by atoms with E-state index in [9.17, 15) is 5.11 Å². The molecule has 2 atom stereocenters. The zero-order valence-corrected chi connectivity index (χ0v) is 11.1. The minimum absolute atomic E-state index is 0.289. The molecule has 2 rings (SSSR count). The van der Waals surface area contributed by atoms with E-state index in [0.29, 0.717) is 19.0 Å². The third kappa shape index (κ3) is 3.49. The monoisotopic (exact) mass is 263 g/mol. The number of halogens is 1. The molecule has 1 heterocycles. The van der Waals surface area contributed by atoms with Crippen LogP contribution in [-0.4, -0.2) is 35.7 Å². The van der Waals surface area contributed by atoms with Crippen LogP contribution in [0.3, 0.4) is 0 Å². The fraction of sp³-hybridized carbons (Fsp3) is 0.467. The van der Waals surface area contributed by atoms with Crippen LogP contribution in [0.1, 0.15) is 12.0 Å². The summed E-state index contributed by atoms with van der Waals surface area (Å²) in [4.78, 5) is 2.13. The fourth-order valence-corrected chi connectivity index (χ4v) is 2.61. The van der Waals surface area contributed by atoms with E-state index >= 15 is 0 Å². The molecule has 1 fully saturated rings. The molecule has 1 aliphatic heterocycles. The molecule has 0 spiro atoms. The van der Waals surface area contributed by atoms with Gasteiger partial charge in [0, 0.05) is 11.6 Å². The molecular weight excluding hydrogens is 246 g/mol. The SMILES string of the molecule is C#CCN1CCC(Cc2ccc(Cl)cc2)C(O)C1. The molecular formula is C15H18ClNO. The second-order valence-electron chi connectivity index (χ2n) is 4.89. The summed E-state index contributed by atoms with van der Waals surface area (Å²) in [6, 6.07) is 7.86. The number of benzene rings is 1. The molecule has 1 aromatic carbocycles. The van der Waals surface area contributed by atoms with Crippen molar-refractivity contribution >= 4 is 11.6 Å². The number of rotatable bonds is 3. The molecule has 0 saturated carbocycles. The first-order valence-corrected chi connectivity index (χ1v) is 6.65. The number of terminal acetylenes is 1. The summed E-state index contributed by atoms with van der Waals surface area (Å²) < 4.78 is 0. The van der Waals surface area contributed by atoms with E-state index in [4.69, 9.17) is 18.0 Å². The summed E-state index contributed by atoms with van der Waals surface area (Å²) in [5.41, 5.74) is 1.23. The van der Waals surface area contributed by atoms with Crippen LogP contribution in [-0.2, 0) is 6.42 Å². The molecule has 1 aromatic rings. The highest BCUT2D eigenvalue weighted by Gasteiger charge is 2.27. The Kier molecular flexibility index (Phi) is 4.66. The Balaban J connectivity index is 1.91. The molecule has 3 heteroatoms. The summed E-state index contributed by atoms with van der Waals surface area (Å²) in [6.45, 7) is 2.28. The summed E-state index contributed by atoms with van der Waals surface area (Å²) in [7, 11) is 0. The normalized spacial score (nSPS) is 24.7. The van der Waals surface area contributed by atoms with Gasteiger partial charge in [0.15, 0.2) is 0 Å². The maximum atomic E-state index is 10.1. The van der Waals surface area contributed by atoms with Crippen molar-refractivity contribution in [2.75, 3.05) is 19.6 Å². The number of aliphatic hydroxyl groups is 1. The van der Waals surface area contributed by atoms with Crippen molar-refractivity contribution in [1.82, 2.24) is 4.90 Å². The van der Waals surface area contributed by atoms with Gasteiger partial charge in [0.2, 0.25) is 0 Å². The van der Waals surface area contributed by atoms with E-state index in [1.165, 1.54) is 5.56 Å². The minimum Gasteiger partial charge on any atom is -0.391 e. The highest BCUT2D eigenvalue weighted by atomic mass is 35.5. The Hall–Kier alpha value is -1.01. The second kappa shape index (κ2) is 6.24. The van der Waals surface area contributed by atoms with Gasteiger partial charge in [0.1, 0.15) is 0 Å². The maximum absolute atomic E-state index is 10.1. The van der Waals surface area contributed by atoms with Crippen LogP contribution >= 0.6 is 11.6 Å². The van der Waals surface area contributed by atoms with E-state index in [0.717, 1.165) is 24.4 Å². The van der Waals surface area contributed by atoms with Gasteiger partial charge in [0.05, 0.1) is 12.6 Å². The predicted molar refractivity (Wildman–Crippen MR) is 74.5 cm³/mol. The third-order valence-electron chi connectivity index (χ3n) is 3.53. The predicted octanol–water partition coefficient (Wildman–Crippen LogP) is 2.20. The minimum atomic E-state index is -0.289. The van der Waals surface area contributed by atoms with Crippen molar-refractivity contribution in [2.24, 2.45) is 5.92 Å². The van der Waals surface area contributed by atoms with Gasteiger partial charge in [0.25, 0.3) is 0 Å². The van der Waals surface area contributed by atoms with Crippen molar-refractivity contribution in [3.8, 4) is 12.3 Å².